The predicted octanol–water partition coefficient (Wildman–Crippen LogP) is 18.4. The number of nitrogens with zero attached hydrogens (tertiary/aromatic N) is 3. The average molecular weight is 1020 g/mol. The highest BCUT2D eigenvalue weighted by Crippen LogP contribution is 2.63. The summed E-state index contributed by atoms with van der Waals surface area (Å²) >= 11 is 0. The van der Waals surface area contributed by atoms with Gasteiger partial charge in [-0.05, 0) is 157 Å². The normalized spacial score (nSPS) is 19.1. The van der Waals surface area contributed by atoms with Gasteiger partial charge in [-0.1, -0.05) is 202 Å². The van der Waals surface area contributed by atoms with Gasteiger partial charge in [0.1, 0.15) is 5.58 Å². The van der Waals surface area contributed by atoms with E-state index in [-0.39, 0.29) is 44.7 Å². The largest absolute Gasteiger partial charge is 0.440 e. The van der Waals surface area contributed by atoms with Crippen LogP contribution in [0.25, 0.3) is 22.1 Å². The Morgan fingerprint density at radius 2 is 1.01 bits per heavy atom. The molecule has 0 amide bonds. The molecule has 2 atom stereocenters. The molecule has 77 heavy (non-hydrogen) atoms. The number of benzene rings is 7. The van der Waals surface area contributed by atoms with Crippen molar-refractivity contribution in [2.75, 3.05) is 14.7 Å². The molecule has 1 fully saturated rings. The Morgan fingerprint density at radius 1 is 0.481 bits per heavy atom. The predicted molar refractivity (Wildman–Crippen MR) is 332 cm³/mol. The molecule has 4 nitrogen and oxygen atoms in total. The minimum absolute atomic E-state index is 0.00988. The molecular weight excluding hydrogens is 934 g/mol. The minimum atomic E-state index is -0.184. The first-order valence-electron chi connectivity index (χ1n) is 28.8. The van der Waals surface area contributed by atoms with Gasteiger partial charge < -0.3 is 14.2 Å². The van der Waals surface area contributed by atoms with Gasteiger partial charge in [0, 0.05) is 50.3 Å². The van der Waals surface area contributed by atoms with Gasteiger partial charge in [-0.25, -0.2) is 0 Å². The van der Waals surface area contributed by atoms with Crippen molar-refractivity contribution in [1.82, 2.24) is 0 Å². The van der Waals surface area contributed by atoms with Gasteiger partial charge in [0.25, 0.3) is 6.71 Å². The van der Waals surface area contributed by atoms with E-state index in [2.05, 4.69) is 272 Å². The molecule has 1 aromatic heterocycles. The van der Waals surface area contributed by atoms with Gasteiger partial charge in [0.15, 0.2) is 0 Å². The Kier molecular flexibility index (Phi) is 11.3. The van der Waals surface area contributed by atoms with Gasteiger partial charge >= 0.3 is 0 Å². The molecule has 0 spiro atoms. The summed E-state index contributed by atoms with van der Waals surface area (Å²) in [6.07, 6.45) is 4.70. The van der Waals surface area contributed by atoms with Gasteiger partial charge in [0.05, 0.1) is 16.9 Å². The first-order valence-corrected chi connectivity index (χ1v) is 28.8. The van der Waals surface area contributed by atoms with Crippen LogP contribution in [-0.2, 0) is 32.5 Å². The number of fused-ring (bicyclic) bond motifs is 9. The summed E-state index contributed by atoms with van der Waals surface area (Å²) in [4.78, 5) is 7.99. The first kappa shape index (κ1) is 51.3. The fourth-order valence-corrected chi connectivity index (χ4v) is 13.8. The minimum Gasteiger partial charge on any atom is -0.440 e. The molecule has 7 aromatic carbocycles. The lowest BCUT2D eigenvalue weighted by molar-refractivity contribution is 0.195. The lowest BCUT2D eigenvalue weighted by atomic mass is 9.33. The molecule has 3 aliphatic heterocycles. The molecular formula is C72H82BN3O. The number of hydrogen-bond acceptors (Lipinski definition) is 4. The van der Waals surface area contributed by atoms with Crippen LogP contribution in [0, 0.1) is 0 Å². The Labute approximate surface area is 462 Å². The Balaban J connectivity index is 1.26. The maximum absolute atomic E-state index is 7.64. The zero-order valence-electron chi connectivity index (χ0n) is 49.4. The van der Waals surface area contributed by atoms with Crippen molar-refractivity contribution in [2.24, 2.45) is 0 Å². The van der Waals surface area contributed by atoms with E-state index in [1.165, 1.54) is 90.5 Å². The summed E-state index contributed by atoms with van der Waals surface area (Å²) in [6, 6.07) is 54.5. The summed E-state index contributed by atoms with van der Waals surface area (Å²) in [5.41, 5.74) is 23.4. The lowest BCUT2D eigenvalue weighted by Crippen LogP contribution is -2.64. The van der Waals surface area contributed by atoms with Crippen LogP contribution in [0.5, 0.6) is 0 Å². The van der Waals surface area contributed by atoms with Crippen LogP contribution in [-0.4, -0.2) is 12.3 Å². The van der Waals surface area contributed by atoms with E-state index in [0.29, 0.717) is 0 Å². The summed E-state index contributed by atoms with van der Waals surface area (Å²) in [6.45, 7) is 40.2. The van der Waals surface area contributed by atoms with Crippen LogP contribution in [0.1, 0.15) is 177 Å². The second kappa shape index (κ2) is 17.0. The smallest absolute Gasteiger partial charge is 0.257 e. The maximum Gasteiger partial charge on any atom is 0.257 e. The Morgan fingerprint density at radius 3 is 1.60 bits per heavy atom. The van der Waals surface area contributed by atoms with Crippen LogP contribution in [0.3, 0.4) is 0 Å². The SMILES string of the molecule is CC(C)(C)c1ccc(N(c2ccc(C(C)(C)C)cc2)c2cc3c4c(c2)N2c5c(cc(C(C)(C)C)cc5C5(C)CCCCC25C)B4c2c(oc4ccc(C(C)(C)C)cc24)N3c2ccc(C(C)(C)C)cc2-c2ccccc2)cc1. The molecule has 8 aromatic rings. The van der Waals surface area contributed by atoms with Crippen molar-refractivity contribution in [3.05, 3.63) is 173 Å². The molecule has 1 aliphatic carbocycles. The van der Waals surface area contributed by atoms with Crippen LogP contribution in [0.4, 0.5) is 45.7 Å². The zero-order chi connectivity index (χ0) is 54.7. The second-order valence-corrected chi connectivity index (χ2v) is 29.1. The standard InChI is InChI=1S/C72H82BN3O/c1-66(2,3)46-25-31-51(32-26-46)74(52-33-27-47(28-34-52)67(4,5)6)53-43-59-63-60(44-53)76-64-56(71(16)37-21-22-38-72(71,76)17)41-50(70(13,14)15)42-57(64)73(63)62-55-40-49(69(10,11)12)30-36-61(55)77-65(62)75(59)58-35-29-48(68(7,8)9)39-54(58)45-23-19-18-20-24-45/h18-20,23-36,39-44H,21-22,37-38H2,1-17H3. The third-order valence-corrected chi connectivity index (χ3v) is 18.8. The average Bonchev–Trinajstić information content (AvgIpc) is 3.57. The highest BCUT2D eigenvalue weighted by atomic mass is 16.4. The van der Waals surface area contributed by atoms with Gasteiger partial charge in [-0.15, -0.1) is 0 Å². The molecule has 1 saturated carbocycles. The van der Waals surface area contributed by atoms with Crippen molar-refractivity contribution in [3.63, 3.8) is 0 Å². The second-order valence-electron chi connectivity index (χ2n) is 29.1. The molecule has 2 unspecified atom stereocenters. The Bertz CT molecular complexity index is 3580. The molecule has 12 rings (SSSR count). The van der Waals surface area contributed by atoms with E-state index in [1.54, 1.807) is 0 Å². The topological polar surface area (TPSA) is 22.9 Å². The third-order valence-electron chi connectivity index (χ3n) is 18.8. The van der Waals surface area contributed by atoms with Crippen LogP contribution in [0.2, 0.25) is 0 Å². The molecule has 0 radical (unpaired) electrons. The Hall–Kier alpha value is -6.46. The van der Waals surface area contributed by atoms with Crippen molar-refractivity contribution >= 4 is 79.8 Å². The van der Waals surface area contributed by atoms with Crippen LogP contribution in [0.15, 0.2) is 144 Å². The highest BCUT2D eigenvalue weighted by molar-refractivity contribution is 7.01. The molecule has 0 bridgehead atoms. The number of furan rings is 1. The summed E-state index contributed by atoms with van der Waals surface area (Å²) < 4.78 is 7.64. The van der Waals surface area contributed by atoms with Crippen molar-refractivity contribution in [2.45, 2.75) is 181 Å². The molecule has 4 heterocycles. The first-order chi connectivity index (χ1) is 36.1. The summed E-state index contributed by atoms with van der Waals surface area (Å²) in [7, 11) is 0. The van der Waals surface area contributed by atoms with Crippen LogP contribution < -0.4 is 31.1 Å². The fraction of sp³-hybridized carbons (Fsp3) is 0.389. The zero-order valence-corrected chi connectivity index (χ0v) is 49.4. The van der Waals surface area contributed by atoms with Crippen molar-refractivity contribution < 1.29 is 4.42 Å². The van der Waals surface area contributed by atoms with Gasteiger partial charge in [0.2, 0.25) is 5.88 Å². The number of anilines is 8. The lowest BCUT2D eigenvalue weighted by Gasteiger charge is -2.52. The summed E-state index contributed by atoms with van der Waals surface area (Å²) in [5.74, 6) is 0.902. The number of rotatable bonds is 5. The van der Waals surface area contributed by atoms with E-state index in [4.69, 9.17) is 4.42 Å². The molecule has 394 valence electrons. The third kappa shape index (κ3) is 7.97. The van der Waals surface area contributed by atoms with E-state index >= 15 is 0 Å². The van der Waals surface area contributed by atoms with E-state index in [1.807, 2.05) is 0 Å². The molecule has 0 saturated heterocycles. The molecule has 4 aliphatic rings. The fourth-order valence-electron chi connectivity index (χ4n) is 13.8. The number of hydrogen-bond donors (Lipinski definition) is 0. The van der Waals surface area contributed by atoms with E-state index in [9.17, 15) is 0 Å². The van der Waals surface area contributed by atoms with E-state index < -0.39 is 0 Å². The van der Waals surface area contributed by atoms with Crippen molar-refractivity contribution in [3.8, 4) is 11.1 Å². The monoisotopic (exact) mass is 1020 g/mol. The molecule has 5 heteroatoms. The summed E-state index contributed by atoms with van der Waals surface area (Å²) in [5, 5.41) is 1.20. The van der Waals surface area contributed by atoms with Crippen LogP contribution >= 0.6 is 0 Å². The quantitative estimate of drug-likeness (QED) is 0.160. The maximum atomic E-state index is 7.64. The highest BCUT2D eigenvalue weighted by Gasteiger charge is 2.62. The van der Waals surface area contributed by atoms with E-state index in [0.717, 1.165) is 52.7 Å². The molecule has 0 N–H and O–H groups in total. The van der Waals surface area contributed by atoms with Crippen molar-refractivity contribution in [1.29, 1.82) is 0 Å². The van der Waals surface area contributed by atoms with Gasteiger partial charge in [-0.3, -0.25) is 4.90 Å². The van der Waals surface area contributed by atoms with Gasteiger partial charge in [-0.2, -0.15) is 0 Å².